The van der Waals surface area contributed by atoms with Gasteiger partial charge in [-0.1, -0.05) is 0 Å². The molecule has 0 unspecified atom stereocenters. The first-order chi connectivity index (χ1) is 8.78. The van der Waals surface area contributed by atoms with E-state index in [9.17, 15) is 4.39 Å². The first-order valence-corrected chi connectivity index (χ1v) is 6.86. The van der Waals surface area contributed by atoms with Crippen molar-refractivity contribution in [2.75, 3.05) is 18.0 Å². The summed E-state index contributed by atoms with van der Waals surface area (Å²) in [6.45, 7) is 2.14. The fourth-order valence-corrected chi connectivity index (χ4v) is 2.32. The van der Waals surface area contributed by atoms with Crippen LogP contribution in [-0.2, 0) is 6.54 Å². The smallest absolute Gasteiger partial charge is 0.170 e. The van der Waals surface area contributed by atoms with Gasteiger partial charge in [-0.3, -0.25) is 0 Å². The molecular weight excluding hydrogens is 229 g/mol. The minimum absolute atomic E-state index is 0.221. The fourth-order valence-electron chi connectivity index (χ4n) is 2.32. The van der Waals surface area contributed by atoms with E-state index in [0.29, 0.717) is 11.4 Å². The van der Waals surface area contributed by atoms with E-state index in [1.54, 1.807) is 12.3 Å². The van der Waals surface area contributed by atoms with Crippen LogP contribution in [0.4, 0.5) is 10.2 Å². The molecule has 0 aromatic carbocycles. The van der Waals surface area contributed by atoms with E-state index in [1.807, 2.05) is 0 Å². The Hall–Kier alpha value is -1.16. The monoisotopic (exact) mass is 249 g/mol. The largest absolute Gasteiger partial charge is 0.354 e. The Morgan fingerprint density at radius 3 is 2.33 bits per heavy atom. The number of nitrogens with zero attached hydrogens (tertiary/aromatic N) is 2. The van der Waals surface area contributed by atoms with Crippen molar-refractivity contribution in [3.63, 3.8) is 0 Å². The number of nitrogens with two attached hydrogens (primary N) is 1. The number of pyridine rings is 1. The van der Waals surface area contributed by atoms with Gasteiger partial charge < -0.3 is 10.6 Å². The molecule has 1 aromatic rings. The van der Waals surface area contributed by atoms with Crippen LogP contribution < -0.4 is 10.6 Å². The molecule has 0 radical (unpaired) electrons. The summed E-state index contributed by atoms with van der Waals surface area (Å²) in [5, 5.41) is 0. The molecule has 1 heterocycles. The minimum Gasteiger partial charge on any atom is -0.354 e. The third kappa shape index (κ3) is 2.64. The Bertz CT molecular complexity index is 413. The fraction of sp³-hybridized carbons (Fsp3) is 0.643. The van der Waals surface area contributed by atoms with Crippen molar-refractivity contribution in [3.05, 3.63) is 23.6 Å². The molecule has 2 fully saturated rings. The molecule has 0 bridgehead atoms. The third-order valence-electron chi connectivity index (χ3n) is 3.82. The van der Waals surface area contributed by atoms with Crippen LogP contribution in [0.2, 0.25) is 0 Å². The molecule has 2 N–H and O–H groups in total. The van der Waals surface area contributed by atoms with Gasteiger partial charge in [0.25, 0.3) is 0 Å². The maximum atomic E-state index is 14.3. The van der Waals surface area contributed by atoms with E-state index in [4.69, 9.17) is 5.73 Å². The number of aromatic nitrogens is 1. The molecule has 98 valence electrons. The molecule has 2 aliphatic rings. The van der Waals surface area contributed by atoms with Crippen LogP contribution in [0.25, 0.3) is 0 Å². The van der Waals surface area contributed by atoms with E-state index < -0.39 is 0 Å². The van der Waals surface area contributed by atoms with E-state index in [1.165, 1.54) is 25.7 Å². The van der Waals surface area contributed by atoms with Gasteiger partial charge in [0.15, 0.2) is 11.6 Å². The van der Waals surface area contributed by atoms with Crippen molar-refractivity contribution in [1.82, 2.24) is 4.98 Å². The predicted octanol–water partition coefficient (Wildman–Crippen LogP) is 2.31. The van der Waals surface area contributed by atoms with Gasteiger partial charge in [0, 0.05) is 31.4 Å². The lowest BCUT2D eigenvalue weighted by Gasteiger charge is -2.24. The maximum absolute atomic E-state index is 14.3. The van der Waals surface area contributed by atoms with E-state index in [0.717, 1.165) is 24.9 Å². The van der Waals surface area contributed by atoms with Crippen molar-refractivity contribution in [2.45, 2.75) is 32.2 Å². The van der Waals surface area contributed by atoms with Crippen LogP contribution in [0.3, 0.4) is 0 Å². The molecule has 0 saturated heterocycles. The number of hydrogen-bond acceptors (Lipinski definition) is 3. The summed E-state index contributed by atoms with van der Waals surface area (Å²) in [4.78, 5) is 6.39. The normalized spacial score (nSPS) is 19.0. The summed E-state index contributed by atoms with van der Waals surface area (Å²) < 4.78 is 14.3. The summed E-state index contributed by atoms with van der Waals surface area (Å²) in [5.41, 5.74) is 6.13. The van der Waals surface area contributed by atoms with Gasteiger partial charge in [-0.2, -0.15) is 0 Å². The Labute approximate surface area is 107 Å². The number of rotatable bonds is 6. The Morgan fingerprint density at radius 1 is 1.22 bits per heavy atom. The molecule has 0 aliphatic heterocycles. The molecule has 1 aromatic heterocycles. The van der Waals surface area contributed by atoms with Gasteiger partial charge in [0.05, 0.1) is 0 Å². The number of halogens is 1. The van der Waals surface area contributed by atoms with E-state index >= 15 is 0 Å². The van der Waals surface area contributed by atoms with Crippen molar-refractivity contribution in [3.8, 4) is 0 Å². The SMILES string of the molecule is NCc1ccnc(N(CC2CC2)CC2CC2)c1F. The summed E-state index contributed by atoms with van der Waals surface area (Å²) in [7, 11) is 0. The molecule has 3 nitrogen and oxygen atoms in total. The second-order valence-corrected chi connectivity index (χ2v) is 5.60. The Kier molecular flexibility index (Phi) is 3.20. The average Bonchev–Trinajstić information content (AvgIpc) is 3.24. The second kappa shape index (κ2) is 4.84. The predicted molar refractivity (Wildman–Crippen MR) is 69.7 cm³/mol. The number of hydrogen-bond donors (Lipinski definition) is 1. The molecular formula is C14H20FN3. The quantitative estimate of drug-likeness (QED) is 0.841. The van der Waals surface area contributed by atoms with Crippen molar-refractivity contribution in [2.24, 2.45) is 17.6 Å². The van der Waals surface area contributed by atoms with Crippen molar-refractivity contribution in [1.29, 1.82) is 0 Å². The summed E-state index contributed by atoms with van der Waals surface area (Å²) in [6.07, 6.45) is 6.78. The third-order valence-corrected chi connectivity index (χ3v) is 3.82. The summed E-state index contributed by atoms with van der Waals surface area (Å²) in [5.74, 6) is 1.77. The highest BCUT2D eigenvalue weighted by atomic mass is 19.1. The Morgan fingerprint density at radius 2 is 1.83 bits per heavy atom. The lowest BCUT2D eigenvalue weighted by atomic mass is 10.2. The maximum Gasteiger partial charge on any atom is 0.170 e. The van der Waals surface area contributed by atoms with Gasteiger partial charge in [-0.05, 0) is 43.6 Å². The Balaban J connectivity index is 1.82. The lowest BCUT2D eigenvalue weighted by Crippen LogP contribution is -2.30. The summed E-state index contributed by atoms with van der Waals surface area (Å²) >= 11 is 0. The minimum atomic E-state index is -0.221. The van der Waals surface area contributed by atoms with Gasteiger partial charge >= 0.3 is 0 Å². The molecule has 0 amide bonds. The zero-order valence-electron chi connectivity index (χ0n) is 10.6. The topological polar surface area (TPSA) is 42.1 Å². The van der Waals surface area contributed by atoms with Crippen LogP contribution in [0.1, 0.15) is 31.2 Å². The average molecular weight is 249 g/mol. The van der Waals surface area contributed by atoms with E-state index in [-0.39, 0.29) is 12.4 Å². The van der Waals surface area contributed by atoms with Gasteiger partial charge in [0.1, 0.15) is 0 Å². The van der Waals surface area contributed by atoms with Crippen LogP contribution in [-0.4, -0.2) is 18.1 Å². The highest BCUT2D eigenvalue weighted by Gasteiger charge is 2.31. The first kappa shape index (κ1) is 11.9. The zero-order valence-corrected chi connectivity index (χ0v) is 10.6. The van der Waals surface area contributed by atoms with E-state index in [2.05, 4.69) is 9.88 Å². The van der Waals surface area contributed by atoms with Crippen molar-refractivity contribution < 1.29 is 4.39 Å². The van der Waals surface area contributed by atoms with Gasteiger partial charge in [0.2, 0.25) is 0 Å². The first-order valence-electron chi connectivity index (χ1n) is 6.86. The molecule has 0 atom stereocenters. The molecule has 0 spiro atoms. The van der Waals surface area contributed by atoms with Gasteiger partial charge in [-0.25, -0.2) is 9.37 Å². The summed E-state index contributed by atoms with van der Waals surface area (Å²) in [6, 6.07) is 1.67. The second-order valence-electron chi connectivity index (χ2n) is 5.60. The van der Waals surface area contributed by atoms with Crippen LogP contribution in [0.5, 0.6) is 0 Å². The molecule has 2 saturated carbocycles. The lowest BCUT2D eigenvalue weighted by molar-refractivity contribution is 0.580. The molecule has 3 rings (SSSR count). The molecule has 4 heteroatoms. The standard InChI is InChI=1S/C14H20FN3/c15-13-12(7-16)5-6-17-14(13)18(8-10-1-2-10)9-11-3-4-11/h5-6,10-11H,1-4,7-9,16H2. The molecule has 2 aliphatic carbocycles. The van der Waals surface area contributed by atoms with Crippen LogP contribution in [0.15, 0.2) is 12.3 Å². The molecule has 18 heavy (non-hydrogen) atoms. The zero-order chi connectivity index (χ0) is 12.5. The number of anilines is 1. The van der Waals surface area contributed by atoms with Crippen molar-refractivity contribution >= 4 is 5.82 Å². The highest BCUT2D eigenvalue weighted by Crippen LogP contribution is 2.36. The highest BCUT2D eigenvalue weighted by molar-refractivity contribution is 5.43. The van der Waals surface area contributed by atoms with Crippen LogP contribution in [0, 0.1) is 17.7 Å². The van der Waals surface area contributed by atoms with Gasteiger partial charge in [-0.15, -0.1) is 0 Å². The van der Waals surface area contributed by atoms with Crippen LogP contribution >= 0.6 is 0 Å².